The van der Waals surface area contributed by atoms with E-state index in [1.807, 2.05) is 6.92 Å². The number of sulfonamides is 1. The summed E-state index contributed by atoms with van der Waals surface area (Å²) in [6.07, 6.45) is -2.94. The van der Waals surface area contributed by atoms with Gasteiger partial charge in [0.15, 0.2) is 0 Å². The minimum absolute atomic E-state index is 0.161. The minimum atomic E-state index is -4.49. The second-order valence-electron chi connectivity index (χ2n) is 5.81. The number of hydrogen-bond acceptors (Lipinski definition) is 3. The van der Waals surface area contributed by atoms with Crippen LogP contribution in [0.2, 0.25) is 0 Å². The smallest absolute Gasteiger partial charge is 0.233 e. The molecule has 0 aliphatic heterocycles. The Morgan fingerprint density at radius 2 is 1.67 bits per heavy atom. The lowest BCUT2D eigenvalue weighted by Crippen LogP contribution is -2.14. The van der Waals surface area contributed by atoms with Crippen LogP contribution in [0.5, 0.6) is 0 Å². The number of hydrogen-bond donors (Lipinski definition) is 1. The van der Waals surface area contributed by atoms with Crippen LogP contribution in [-0.2, 0) is 10.0 Å². The van der Waals surface area contributed by atoms with Gasteiger partial charge in [0.1, 0.15) is 22.2 Å². The van der Waals surface area contributed by atoms with Crippen LogP contribution in [0.3, 0.4) is 0 Å². The van der Waals surface area contributed by atoms with Gasteiger partial charge in [-0.1, -0.05) is 17.7 Å². The molecule has 10 heteroatoms. The highest BCUT2D eigenvalue weighted by molar-refractivity contribution is 7.89. The summed E-state index contributed by atoms with van der Waals surface area (Å²) in [4.78, 5) is -1.03. The fourth-order valence-electron chi connectivity index (χ4n) is 2.52. The highest BCUT2D eigenvalue weighted by atomic mass is 32.2. The topological polar surface area (TPSA) is 78.0 Å². The van der Waals surface area contributed by atoms with Crippen LogP contribution in [0.15, 0.2) is 47.4 Å². The van der Waals surface area contributed by atoms with Crippen molar-refractivity contribution in [1.29, 1.82) is 0 Å². The summed E-state index contributed by atoms with van der Waals surface area (Å²) in [6, 6.07) is 8.47. The quantitative estimate of drug-likeness (QED) is 0.680. The molecule has 0 radical (unpaired) electrons. The molecule has 27 heavy (non-hydrogen) atoms. The fourth-order valence-corrected chi connectivity index (χ4v) is 3.12. The summed E-state index contributed by atoms with van der Waals surface area (Å²) >= 11 is 0. The van der Waals surface area contributed by atoms with Crippen LogP contribution < -0.4 is 5.14 Å². The van der Waals surface area contributed by atoms with Crippen LogP contribution in [0, 0.1) is 18.6 Å². The molecule has 0 unspecified atom stereocenters. The predicted molar refractivity (Wildman–Crippen MR) is 90.0 cm³/mol. The number of alkyl halides is 2. The van der Waals surface area contributed by atoms with Gasteiger partial charge in [0.05, 0.1) is 11.4 Å². The fraction of sp³-hybridized carbons (Fsp3) is 0.118. The van der Waals surface area contributed by atoms with Crippen molar-refractivity contribution in [1.82, 2.24) is 9.78 Å². The number of rotatable bonds is 4. The summed E-state index contributed by atoms with van der Waals surface area (Å²) in [7, 11) is -4.49. The summed E-state index contributed by atoms with van der Waals surface area (Å²) in [5.74, 6) is -2.45. The molecule has 142 valence electrons. The second-order valence-corrected chi connectivity index (χ2v) is 7.34. The Morgan fingerprint density at radius 1 is 1.04 bits per heavy atom. The number of nitrogens with two attached hydrogens (primary N) is 1. The summed E-state index contributed by atoms with van der Waals surface area (Å²) in [5.41, 5.74) is 0.0152. The monoisotopic (exact) mass is 399 g/mol. The second kappa shape index (κ2) is 6.78. The van der Waals surface area contributed by atoms with Crippen molar-refractivity contribution in [3.63, 3.8) is 0 Å². The van der Waals surface area contributed by atoms with Crippen molar-refractivity contribution in [2.75, 3.05) is 0 Å². The van der Waals surface area contributed by atoms with Crippen molar-refractivity contribution in [2.24, 2.45) is 5.14 Å². The molecule has 0 aliphatic carbocycles. The zero-order chi connectivity index (χ0) is 19.9. The SMILES string of the molecule is Cc1ccc(-n2nc(C(F)F)cc2-c2cc(F)c(S(N)(=O)=O)cc2F)cc1. The normalized spacial score (nSPS) is 12.0. The third kappa shape index (κ3) is 3.71. The van der Waals surface area contributed by atoms with E-state index in [0.717, 1.165) is 16.3 Å². The molecule has 1 aromatic heterocycles. The van der Waals surface area contributed by atoms with E-state index in [4.69, 9.17) is 5.14 Å². The van der Waals surface area contributed by atoms with Gasteiger partial charge in [-0.3, -0.25) is 0 Å². The molecule has 0 atom stereocenters. The molecule has 0 saturated heterocycles. The zero-order valence-corrected chi connectivity index (χ0v) is 14.6. The third-order valence-corrected chi connectivity index (χ3v) is 4.76. The van der Waals surface area contributed by atoms with Crippen LogP contribution in [-0.4, -0.2) is 18.2 Å². The van der Waals surface area contributed by atoms with E-state index in [1.165, 1.54) is 0 Å². The van der Waals surface area contributed by atoms with Gasteiger partial charge in [-0.05, 0) is 37.3 Å². The van der Waals surface area contributed by atoms with E-state index < -0.39 is 44.2 Å². The van der Waals surface area contributed by atoms with Gasteiger partial charge in [-0.25, -0.2) is 35.8 Å². The Balaban J connectivity index is 2.25. The predicted octanol–water partition coefficient (Wildman–Crippen LogP) is 3.71. The number of aromatic nitrogens is 2. The molecule has 0 aliphatic rings. The molecule has 0 saturated carbocycles. The first kappa shape index (κ1) is 19.1. The summed E-state index contributed by atoms with van der Waals surface area (Å²) in [6.45, 7) is 1.82. The Morgan fingerprint density at radius 3 is 2.22 bits per heavy atom. The summed E-state index contributed by atoms with van der Waals surface area (Å²) < 4.78 is 78.6. The maximum Gasteiger partial charge on any atom is 0.282 e. The first-order chi connectivity index (χ1) is 12.6. The highest BCUT2D eigenvalue weighted by Crippen LogP contribution is 2.32. The number of halogens is 4. The standard InChI is InChI=1S/C17H13F4N3O2S/c1-9-2-4-10(5-3-9)24-15(8-14(23-24)17(20)21)11-6-13(19)16(7-12(11)18)27(22,25)26/h2-8,17H,1H3,(H2,22,25,26). The van der Waals surface area contributed by atoms with Gasteiger partial charge in [0.2, 0.25) is 10.0 Å². The number of primary sulfonamides is 1. The number of benzene rings is 2. The molecule has 0 bridgehead atoms. The molecule has 5 nitrogen and oxygen atoms in total. The minimum Gasteiger partial charge on any atom is -0.233 e. The molecule has 3 rings (SSSR count). The maximum atomic E-state index is 14.5. The third-order valence-electron chi connectivity index (χ3n) is 3.83. The largest absolute Gasteiger partial charge is 0.282 e. The van der Waals surface area contributed by atoms with E-state index in [2.05, 4.69) is 5.10 Å². The Kier molecular flexibility index (Phi) is 4.79. The Labute approximate surface area is 152 Å². The van der Waals surface area contributed by atoms with Gasteiger partial charge >= 0.3 is 0 Å². The lowest BCUT2D eigenvalue weighted by Gasteiger charge is -2.10. The van der Waals surface area contributed by atoms with Crippen molar-refractivity contribution >= 4 is 10.0 Å². The molecule has 2 N–H and O–H groups in total. The molecule has 0 spiro atoms. The van der Waals surface area contributed by atoms with Gasteiger partial charge in [-0.15, -0.1) is 0 Å². The number of nitrogens with zero attached hydrogens (tertiary/aromatic N) is 2. The molecule has 3 aromatic rings. The van der Waals surface area contributed by atoms with Crippen molar-refractivity contribution < 1.29 is 26.0 Å². The van der Waals surface area contributed by atoms with E-state index in [0.29, 0.717) is 17.8 Å². The van der Waals surface area contributed by atoms with E-state index in [9.17, 15) is 26.0 Å². The van der Waals surface area contributed by atoms with Gasteiger partial charge in [0, 0.05) is 5.56 Å². The molecule has 0 amide bonds. The Bertz CT molecular complexity index is 1110. The van der Waals surface area contributed by atoms with Gasteiger partial charge < -0.3 is 0 Å². The summed E-state index contributed by atoms with van der Waals surface area (Å²) in [5, 5.41) is 8.61. The molecule has 1 heterocycles. The molecule has 0 fully saturated rings. The average molecular weight is 399 g/mol. The lowest BCUT2D eigenvalue weighted by molar-refractivity contribution is 0.145. The molecule has 2 aromatic carbocycles. The van der Waals surface area contributed by atoms with Gasteiger partial charge in [-0.2, -0.15) is 5.10 Å². The first-order valence-corrected chi connectivity index (χ1v) is 9.10. The van der Waals surface area contributed by atoms with Crippen LogP contribution in [0.4, 0.5) is 17.6 Å². The first-order valence-electron chi connectivity index (χ1n) is 7.55. The molecular weight excluding hydrogens is 386 g/mol. The van der Waals surface area contributed by atoms with E-state index in [-0.39, 0.29) is 5.69 Å². The molecular formula is C17H13F4N3O2S. The van der Waals surface area contributed by atoms with Crippen LogP contribution in [0.25, 0.3) is 16.9 Å². The van der Waals surface area contributed by atoms with Crippen molar-refractivity contribution in [2.45, 2.75) is 18.2 Å². The van der Waals surface area contributed by atoms with E-state index >= 15 is 0 Å². The van der Waals surface area contributed by atoms with Gasteiger partial charge in [0.25, 0.3) is 6.43 Å². The number of aryl methyl sites for hydroxylation is 1. The van der Waals surface area contributed by atoms with E-state index in [1.54, 1.807) is 24.3 Å². The van der Waals surface area contributed by atoms with Crippen LogP contribution in [0.1, 0.15) is 17.7 Å². The van der Waals surface area contributed by atoms with Crippen LogP contribution >= 0.6 is 0 Å². The maximum absolute atomic E-state index is 14.5. The van der Waals surface area contributed by atoms with Crippen molar-refractivity contribution in [3.8, 4) is 16.9 Å². The average Bonchev–Trinajstić information content (AvgIpc) is 3.01. The van der Waals surface area contributed by atoms with Crippen molar-refractivity contribution in [3.05, 3.63) is 65.4 Å². The lowest BCUT2D eigenvalue weighted by atomic mass is 10.1. The zero-order valence-electron chi connectivity index (χ0n) is 13.8. The Hall–Kier alpha value is -2.72. The highest BCUT2D eigenvalue weighted by Gasteiger charge is 2.23.